The number of sulfone groups is 2. The number of ether oxygens (including phenoxy) is 6. The van der Waals surface area contributed by atoms with Crippen molar-refractivity contribution in [3.63, 3.8) is 0 Å². The summed E-state index contributed by atoms with van der Waals surface area (Å²) in [5.41, 5.74) is 3.11. The van der Waals surface area contributed by atoms with E-state index in [-0.39, 0.29) is 64.7 Å². The van der Waals surface area contributed by atoms with Gasteiger partial charge in [0.05, 0.1) is 86.8 Å². The average molecular weight is 1490 g/mol. The van der Waals surface area contributed by atoms with Crippen LogP contribution in [0.15, 0.2) is 323 Å². The molecule has 0 saturated carbocycles. The lowest BCUT2D eigenvalue weighted by atomic mass is 10.1. The number of carbonyl (C=O) groups is 8. The fourth-order valence-electron chi connectivity index (χ4n) is 13.0. The largest absolute Gasteiger partial charge is 0.457 e. The molecule has 110 heavy (non-hydrogen) atoms. The van der Waals surface area contributed by atoms with Crippen LogP contribution in [-0.2, 0) is 19.7 Å². The van der Waals surface area contributed by atoms with Gasteiger partial charge in [-0.15, -0.1) is 0 Å². The Morgan fingerprint density at radius 1 is 0.173 bits per heavy atom. The topological polar surface area (TPSA) is 273 Å². The third kappa shape index (κ3) is 12.5. The standard InChI is InChI=1S/C86H50N4O18S2/c91-79-71-8-1-2-9-72(71)80(92)87(79)51-12-20-55(21-13-51)103-59-28-38-67(39-29-59)109(99,100)69-42-32-61(33-43-69)105-57-24-16-53(17-25-57)89-83(95)75-46-36-65(49-77(75)85(89)97)107-63-6-5-7-64(48-63)108-66-37-47-76-78(50-66)86(98)90(84(76)96)54-18-26-58(27-19-54)106-62-34-44-70(45-35-62)110(101,102)68-40-30-60(31-41-68)104-56-22-14-52(15-23-56)88-81(93)73-10-3-4-11-74(73)82(88)94/h1-50H. The second-order valence-corrected chi connectivity index (χ2v) is 29.1. The maximum absolute atomic E-state index is 13.9. The van der Waals surface area contributed by atoms with Gasteiger partial charge < -0.3 is 28.4 Å². The van der Waals surface area contributed by atoms with Crippen molar-refractivity contribution in [2.75, 3.05) is 19.6 Å². The zero-order valence-corrected chi connectivity index (χ0v) is 58.5. The predicted octanol–water partition coefficient (Wildman–Crippen LogP) is 17.3. The zero-order chi connectivity index (χ0) is 75.7. The van der Waals surface area contributed by atoms with Gasteiger partial charge >= 0.3 is 0 Å². The molecule has 24 heteroatoms. The van der Waals surface area contributed by atoms with Gasteiger partial charge in [0.25, 0.3) is 47.3 Å². The molecule has 4 heterocycles. The van der Waals surface area contributed by atoms with Crippen LogP contribution >= 0.6 is 0 Å². The number of fused-ring (bicyclic) bond motifs is 4. The summed E-state index contributed by atoms with van der Waals surface area (Å²) in [6.07, 6.45) is 0. The van der Waals surface area contributed by atoms with Crippen LogP contribution in [0.2, 0.25) is 0 Å². The molecule has 8 amide bonds. The van der Waals surface area contributed by atoms with E-state index in [1.165, 1.54) is 121 Å². The first kappa shape index (κ1) is 68.2. The summed E-state index contributed by atoms with van der Waals surface area (Å²) in [5, 5.41) is 0. The second kappa shape index (κ2) is 27.2. The summed E-state index contributed by atoms with van der Waals surface area (Å²) >= 11 is 0. The monoisotopic (exact) mass is 1490 g/mol. The van der Waals surface area contributed by atoms with Crippen molar-refractivity contribution in [3.8, 4) is 69.0 Å². The molecule has 0 unspecified atom stereocenters. The van der Waals surface area contributed by atoms with Crippen LogP contribution < -0.4 is 48.0 Å². The molecule has 0 bridgehead atoms. The molecular formula is C86H50N4O18S2. The number of nitrogens with zero attached hydrogens (tertiary/aromatic N) is 4. The normalized spacial score (nSPS) is 13.7. The molecule has 0 atom stereocenters. The minimum Gasteiger partial charge on any atom is -0.457 e. The highest BCUT2D eigenvalue weighted by Crippen LogP contribution is 2.41. The predicted molar refractivity (Wildman–Crippen MR) is 400 cm³/mol. The number of hydrogen-bond acceptors (Lipinski definition) is 18. The molecule has 17 rings (SSSR count). The molecule has 0 N–H and O–H groups in total. The molecule has 534 valence electrons. The van der Waals surface area contributed by atoms with Gasteiger partial charge in [-0.3, -0.25) is 38.4 Å². The van der Waals surface area contributed by atoms with Gasteiger partial charge in [0, 0.05) is 6.07 Å². The third-order valence-corrected chi connectivity index (χ3v) is 22.0. The molecule has 22 nitrogen and oxygen atoms in total. The van der Waals surface area contributed by atoms with E-state index in [1.54, 1.807) is 182 Å². The maximum Gasteiger partial charge on any atom is 0.266 e. The van der Waals surface area contributed by atoms with Crippen molar-refractivity contribution in [2.45, 2.75) is 19.6 Å². The summed E-state index contributed by atoms with van der Waals surface area (Å²) < 4.78 is 91.0. The van der Waals surface area contributed by atoms with E-state index in [4.69, 9.17) is 28.4 Å². The molecule has 13 aromatic carbocycles. The molecule has 0 saturated heterocycles. The highest BCUT2D eigenvalue weighted by Gasteiger charge is 2.41. The SMILES string of the molecule is O=C1c2ccccc2C(=O)N1c1ccc(Oc2ccc(S(=O)(=O)c3ccc(Oc4ccc(N5C(=O)c6ccc(Oc7cccc(Oc8ccc9c(c8)C(=O)N(c8ccc(Oc%10ccc(S(=O)(=O)c%11ccc(Oc%12ccc(N%13C(=O)c%14ccccc%14C%13=O)cc%12)cc%11)cc%10)cc8)C9=O)c7)cc6C5=O)cc4)cc3)cc2)cc1. The molecule has 0 fully saturated rings. The van der Waals surface area contributed by atoms with E-state index in [9.17, 15) is 55.2 Å². The highest BCUT2D eigenvalue weighted by atomic mass is 32.2. The van der Waals surface area contributed by atoms with Crippen LogP contribution in [0, 0.1) is 0 Å². The lowest BCUT2D eigenvalue weighted by Crippen LogP contribution is -2.29. The van der Waals surface area contributed by atoms with E-state index >= 15 is 0 Å². The summed E-state index contributed by atoms with van der Waals surface area (Å²) in [5.74, 6) is -0.0953. The summed E-state index contributed by atoms with van der Waals surface area (Å²) in [6, 6.07) is 77.4. The Morgan fingerprint density at radius 2 is 0.355 bits per heavy atom. The number of amides is 8. The van der Waals surface area contributed by atoms with Crippen LogP contribution in [0.3, 0.4) is 0 Å². The van der Waals surface area contributed by atoms with E-state index < -0.39 is 66.9 Å². The zero-order valence-electron chi connectivity index (χ0n) is 56.8. The number of carbonyl (C=O) groups excluding carboxylic acids is 8. The minimum absolute atomic E-state index is 0.00456. The summed E-state index contributed by atoms with van der Waals surface area (Å²) in [6.45, 7) is 0. The molecule has 0 radical (unpaired) electrons. The maximum atomic E-state index is 13.9. The van der Waals surface area contributed by atoms with E-state index in [1.807, 2.05) is 0 Å². The van der Waals surface area contributed by atoms with Crippen molar-refractivity contribution >= 4 is 89.7 Å². The lowest BCUT2D eigenvalue weighted by molar-refractivity contribution is 0.0910. The minimum atomic E-state index is -3.97. The Morgan fingerprint density at radius 3 is 0.591 bits per heavy atom. The summed E-state index contributed by atoms with van der Waals surface area (Å²) in [4.78, 5) is 111. The third-order valence-electron chi connectivity index (χ3n) is 18.4. The Hall–Kier alpha value is -14.9. The molecule has 4 aliphatic rings. The van der Waals surface area contributed by atoms with Crippen molar-refractivity contribution in [1.82, 2.24) is 0 Å². The molecule has 13 aromatic rings. The average Bonchev–Trinajstić information content (AvgIpc) is 1.62. The second-order valence-electron chi connectivity index (χ2n) is 25.2. The number of hydrogen-bond donors (Lipinski definition) is 0. The van der Waals surface area contributed by atoms with E-state index in [0.29, 0.717) is 91.1 Å². The van der Waals surface area contributed by atoms with Gasteiger partial charge in [0.2, 0.25) is 19.7 Å². The molecular weight excluding hydrogens is 1440 g/mol. The van der Waals surface area contributed by atoms with E-state index in [0.717, 1.165) is 19.6 Å². The van der Waals surface area contributed by atoms with Crippen molar-refractivity contribution < 1.29 is 83.6 Å². The lowest BCUT2D eigenvalue weighted by Gasteiger charge is -2.15. The Balaban J connectivity index is 0.475. The molecule has 0 spiro atoms. The number of rotatable bonds is 20. The quantitative estimate of drug-likeness (QED) is 0.0641. The number of imide groups is 4. The van der Waals surface area contributed by atoms with Gasteiger partial charge in [-0.25, -0.2) is 36.4 Å². The molecule has 4 aliphatic heterocycles. The van der Waals surface area contributed by atoms with E-state index in [2.05, 4.69) is 0 Å². The fraction of sp³-hybridized carbons (Fsp3) is 0. The van der Waals surface area contributed by atoms with Crippen LogP contribution in [0.4, 0.5) is 22.7 Å². The van der Waals surface area contributed by atoms with Gasteiger partial charge in [0.15, 0.2) is 0 Å². The Kier molecular flexibility index (Phi) is 16.9. The van der Waals surface area contributed by atoms with Crippen molar-refractivity contribution in [2.24, 2.45) is 0 Å². The van der Waals surface area contributed by atoms with Gasteiger partial charge in [-0.1, -0.05) is 30.3 Å². The first-order chi connectivity index (χ1) is 53.3. The summed E-state index contributed by atoms with van der Waals surface area (Å²) in [7, 11) is -7.95. The molecule has 0 aromatic heterocycles. The van der Waals surface area contributed by atoms with Crippen LogP contribution in [0.1, 0.15) is 82.9 Å². The smallest absolute Gasteiger partial charge is 0.266 e. The van der Waals surface area contributed by atoms with Gasteiger partial charge in [-0.05, 0) is 267 Å². The Bertz CT molecular complexity index is 5830. The number of anilines is 4. The van der Waals surface area contributed by atoms with Crippen molar-refractivity contribution in [1.29, 1.82) is 0 Å². The van der Waals surface area contributed by atoms with Crippen LogP contribution in [0.25, 0.3) is 0 Å². The van der Waals surface area contributed by atoms with Crippen molar-refractivity contribution in [3.05, 3.63) is 348 Å². The van der Waals surface area contributed by atoms with Crippen LogP contribution in [-0.4, -0.2) is 64.1 Å². The van der Waals surface area contributed by atoms with Crippen LogP contribution in [0.5, 0.6) is 69.0 Å². The molecule has 0 aliphatic carbocycles. The first-order valence-electron chi connectivity index (χ1n) is 33.8. The Labute approximate surface area is 625 Å². The first-order valence-corrected chi connectivity index (χ1v) is 36.7. The highest BCUT2D eigenvalue weighted by molar-refractivity contribution is 7.91. The fourth-order valence-corrected chi connectivity index (χ4v) is 15.5. The van der Waals surface area contributed by atoms with Gasteiger partial charge in [0.1, 0.15) is 69.0 Å². The van der Waals surface area contributed by atoms with Gasteiger partial charge in [-0.2, -0.15) is 0 Å². The number of benzene rings is 13.